The fraction of sp³-hybridized carbons (Fsp3) is 0.0526. The molecule has 5 rings (SSSR count). The van der Waals surface area contributed by atoms with Crippen LogP contribution in [0.5, 0.6) is 0 Å². The lowest BCUT2D eigenvalue weighted by molar-refractivity contribution is 0.101. The summed E-state index contributed by atoms with van der Waals surface area (Å²) >= 11 is 0. The number of benzene rings is 5. The van der Waals surface area contributed by atoms with Crippen LogP contribution >= 0.6 is 0 Å². The van der Waals surface area contributed by atoms with Crippen molar-refractivity contribution in [1.29, 1.82) is 0 Å². The van der Waals surface area contributed by atoms with Crippen molar-refractivity contribution >= 4 is 57.9 Å². The predicted molar refractivity (Wildman–Crippen MR) is 202 cm³/mol. The Morgan fingerprint density at radius 2 is 0.660 bits per heavy atom. The van der Waals surface area contributed by atoms with Gasteiger partial charge < -0.3 is 33.6 Å². The zero-order chi connectivity index (χ0) is 35.6. The lowest BCUT2D eigenvalue weighted by Crippen LogP contribution is -2.15. The van der Waals surface area contributed by atoms with E-state index in [-0.39, 0.29) is 11.8 Å². The van der Waals surface area contributed by atoms with Crippen LogP contribution in [0, 0.1) is 0 Å². The van der Waals surface area contributed by atoms with Crippen LogP contribution in [0.25, 0.3) is 0 Å². The third-order valence-electron chi connectivity index (χ3n) is 7.59. The van der Waals surface area contributed by atoms with Gasteiger partial charge in [0.1, 0.15) is 23.3 Å². The summed E-state index contributed by atoms with van der Waals surface area (Å²) in [4.78, 5) is 42.6. The van der Waals surface area contributed by atoms with Crippen LogP contribution in [0.15, 0.2) is 141 Å². The zero-order valence-corrected chi connectivity index (χ0v) is 27.5. The van der Waals surface area contributed by atoms with Gasteiger partial charge in [-0.15, -0.1) is 0 Å². The van der Waals surface area contributed by atoms with E-state index in [9.17, 15) is 9.59 Å². The average molecular weight is 665 g/mol. The molecule has 50 heavy (non-hydrogen) atoms. The molecule has 2 amide bonds. The third kappa shape index (κ3) is 8.63. The predicted octanol–water partition coefficient (Wildman–Crippen LogP) is 4.94. The van der Waals surface area contributed by atoms with Gasteiger partial charge in [-0.3, -0.25) is 19.6 Å². The first-order chi connectivity index (χ1) is 24.1. The van der Waals surface area contributed by atoms with Crippen molar-refractivity contribution in [3.8, 4) is 0 Å². The molecule has 0 spiro atoms. The van der Waals surface area contributed by atoms with Gasteiger partial charge in [-0.25, -0.2) is 9.98 Å². The maximum Gasteiger partial charge on any atom is 0.255 e. The Kier molecular flexibility index (Phi) is 10.7. The quantitative estimate of drug-likeness (QED) is 0.0899. The lowest BCUT2D eigenvalue weighted by Gasteiger charge is -2.09. The molecule has 0 aromatic heterocycles. The molecular weight excluding hydrogens is 628 g/mol. The zero-order valence-electron chi connectivity index (χ0n) is 27.5. The van der Waals surface area contributed by atoms with Crippen molar-refractivity contribution in [2.45, 2.75) is 0 Å². The molecule has 0 unspecified atom stereocenters. The molecule has 0 saturated heterocycles. The number of nitrogens with zero attached hydrogens (tertiary/aromatic N) is 4. The number of hydrogen-bond donors (Lipinski definition) is 6. The van der Waals surface area contributed by atoms with Gasteiger partial charge in [0, 0.05) is 58.9 Å². The number of anilines is 2. The summed E-state index contributed by atoms with van der Waals surface area (Å²) in [6.07, 6.45) is 0. The molecule has 250 valence electrons. The van der Waals surface area contributed by atoms with E-state index in [2.05, 4.69) is 30.6 Å². The SMILES string of the molecule is CN=C(N)c1ccc(N=C(N)c2ccc(NC(=O)c3ccc(C(=O)Nc4ccc(C(N)=Nc5ccc(C(N)=NC)cc5)cc4)cc3)cc2)cc1. The van der Waals surface area contributed by atoms with E-state index in [1.54, 1.807) is 111 Å². The molecule has 0 aliphatic heterocycles. The molecule has 10 N–H and O–H groups in total. The van der Waals surface area contributed by atoms with Crippen LogP contribution in [-0.2, 0) is 0 Å². The maximum absolute atomic E-state index is 12.9. The monoisotopic (exact) mass is 664 g/mol. The fourth-order valence-electron chi connectivity index (χ4n) is 4.71. The van der Waals surface area contributed by atoms with Gasteiger partial charge in [0.15, 0.2) is 0 Å². The molecule has 0 aliphatic rings. The van der Waals surface area contributed by atoms with Gasteiger partial charge >= 0.3 is 0 Å². The Hall–Kier alpha value is -7.08. The Labute approximate surface area is 289 Å². The molecule has 0 heterocycles. The van der Waals surface area contributed by atoms with Crippen molar-refractivity contribution in [2.24, 2.45) is 42.9 Å². The van der Waals surface area contributed by atoms with Gasteiger partial charge in [0.2, 0.25) is 0 Å². The first kappa shape index (κ1) is 34.3. The number of rotatable bonds is 10. The Morgan fingerprint density at radius 1 is 0.400 bits per heavy atom. The summed E-state index contributed by atoms with van der Waals surface area (Å²) in [5, 5.41) is 5.70. The molecular formula is C38H36N10O2. The Morgan fingerprint density at radius 3 is 0.960 bits per heavy atom. The normalized spacial score (nSPS) is 12.4. The van der Waals surface area contributed by atoms with Crippen LogP contribution < -0.4 is 33.6 Å². The molecule has 5 aromatic rings. The minimum Gasteiger partial charge on any atom is -0.384 e. The van der Waals surface area contributed by atoms with Crippen LogP contribution in [0.2, 0.25) is 0 Å². The van der Waals surface area contributed by atoms with E-state index in [4.69, 9.17) is 22.9 Å². The summed E-state index contributed by atoms with van der Waals surface area (Å²) in [5.41, 5.74) is 30.3. The highest BCUT2D eigenvalue weighted by atomic mass is 16.2. The van der Waals surface area contributed by atoms with E-state index < -0.39 is 0 Å². The second-order valence-corrected chi connectivity index (χ2v) is 10.9. The highest BCUT2D eigenvalue weighted by Gasteiger charge is 2.11. The van der Waals surface area contributed by atoms with Gasteiger partial charge in [-0.1, -0.05) is 0 Å². The minimum absolute atomic E-state index is 0.322. The summed E-state index contributed by atoms with van der Waals surface area (Å²) < 4.78 is 0. The molecule has 5 aromatic carbocycles. The van der Waals surface area contributed by atoms with Crippen LogP contribution in [0.1, 0.15) is 43.0 Å². The number of hydrogen-bond acceptors (Lipinski definition) is 6. The van der Waals surface area contributed by atoms with E-state index in [1.165, 1.54) is 0 Å². The van der Waals surface area contributed by atoms with Crippen LogP contribution in [-0.4, -0.2) is 49.3 Å². The molecule has 0 atom stereocenters. The summed E-state index contributed by atoms with van der Waals surface area (Å²) in [7, 11) is 3.26. The first-order valence-corrected chi connectivity index (χ1v) is 15.4. The van der Waals surface area contributed by atoms with Crippen molar-refractivity contribution < 1.29 is 9.59 Å². The summed E-state index contributed by atoms with van der Waals surface area (Å²) in [6.45, 7) is 0. The molecule has 0 fully saturated rings. The second kappa shape index (κ2) is 15.7. The highest BCUT2D eigenvalue weighted by Crippen LogP contribution is 2.19. The third-order valence-corrected chi connectivity index (χ3v) is 7.59. The fourth-order valence-corrected chi connectivity index (χ4v) is 4.71. The molecule has 0 radical (unpaired) electrons. The average Bonchev–Trinajstić information content (AvgIpc) is 3.15. The van der Waals surface area contributed by atoms with E-state index in [0.717, 1.165) is 11.1 Å². The Bertz CT molecular complexity index is 1950. The molecule has 0 aliphatic carbocycles. The number of amidine groups is 4. The molecule has 0 bridgehead atoms. The van der Waals surface area contributed by atoms with Crippen LogP contribution in [0.4, 0.5) is 22.7 Å². The maximum atomic E-state index is 12.9. The largest absolute Gasteiger partial charge is 0.384 e. The first-order valence-electron chi connectivity index (χ1n) is 15.4. The van der Waals surface area contributed by atoms with E-state index >= 15 is 0 Å². The minimum atomic E-state index is -0.328. The molecule has 0 saturated carbocycles. The van der Waals surface area contributed by atoms with Crippen molar-refractivity contribution in [3.63, 3.8) is 0 Å². The number of aliphatic imine (C=N–C) groups is 4. The Balaban J connectivity index is 1.15. The summed E-state index contributed by atoms with van der Waals surface area (Å²) in [5.74, 6) is 0.865. The lowest BCUT2D eigenvalue weighted by atomic mass is 10.1. The highest BCUT2D eigenvalue weighted by molar-refractivity contribution is 6.08. The number of nitrogens with one attached hydrogen (secondary N) is 2. The topological polar surface area (TPSA) is 212 Å². The van der Waals surface area contributed by atoms with E-state index in [0.29, 0.717) is 68.3 Å². The van der Waals surface area contributed by atoms with Crippen molar-refractivity contribution in [1.82, 2.24) is 0 Å². The van der Waals surface area contributed by atoms with Crippen molar-refractivity contribution in [2.75, 3.05) is 24.7 Å². The van der Waals surface area contributed by atoms with Gasteiger partial charge in [0.05, 0.1) is 11.4 Å². The number of nitrogens with two attached hydrogens (primary N) is 4. The number of amides is 2. The summed E-state index contributed by atoms with van der Waals surface area (Å²) in [6, 6.07) is 34.9. The van der Waals surface area contributed by atoms with Gasteiger partial charge in [0.25, 0.3) is 11.8 Å². The van der Waals surface area contributed by atoms with Gasteiger partial charge in [-0.2, -0.15) is 0 Å². The van der Waals surface area contributed by atoms with E-state index in [1.807, 2.05) is 24.3 Å². The molecule has 12 heteroatoms. The second-order valence-electron chi connectivity index (χ2n) is 10.9. The van der Waals surface area contributed by atoms with Crippen LogP contribution in [0.3, 0.4) is 0 Å². The molecule has 12 nitrogen and oxygen atoms in total. The smallest absolute Gasteiger partial charge is 0.255 e. The number of carbonyl (C=O) groups is 2. The standard InChI is InChI=1S/C38H36N10O2/c1-43-33(39)23-7-15-29(16-8-23)45-35(41)25-11-19-31(20-12-25)47-37(49)27-3-5-28(6-4-27)38(50)48-32-21-13-26(14-22-32)36(42)46-30-17-9-24(10-18-30)34(40)44-2/h3-22H,1-2H3,(H2,39,43)(H2,40,44)(H2,41,45)(H2,42,46)(H,47,49)(H,48,50). The number of carbonyl (C=O) groups excluding carboxylic acids is 2. The van der Waals surface area contributed by atoms with Crippen molar-refractivity contribution in [3.05, 3.63) is 155 Å². The van der Waals surface area contributed by atoms with Gasteiger partial charge in [-0.05, 0) is 121 Å².